The Bertz CT molecular complexity index is 1490. The second kappa shape index (κ2) is 9.74. The van der Waals surface area contributed by atoms with Gasteiger partial charge in [0.05, 0.1) is 24.1 Å². The van der Waals surface area contributed by atoms with Gasteiger partial charge in [0.15, 0.2) is 5.43 Å². The lowest BCUT2D eigenvalue weighted by Gasteiger charge is -2.25. The van der Waals surface area contributed by atoms with Gasteiger partial charge in [0.25, 0.3) is 5.91 Å². The molecule has 1 atom stereocenters. The minimum absolute atomic E-state index is 0.114. The average molecular weight is 482 g/mol. The predicted octanol–water partition coefficient (Wildman–Crippen LogP) is 5.46. The molecule has 36 heavy (non-hydrogen) atoms. The zero-order valence-corrected chi connectivity index (χ0v) is 20.3. The van der Waals surface area contributed by atoms with Crippen LogP contribution in [-0.2, 0) is 6.42 Å². The second-order valence-electron chi connectivity index (χ2n) is 8.84. The third-order valence-corrected chi connectivity index (χ3v) is 6.49. The standard InChI is InChI=1S/C30H27NO5/c1-4-17-35-23-12-8-21(9-13-23)27-26-28(32)24-18-19(2)5-14-25(24)36-29(26)30(33)31(27)16-15-20-6-10-22(34-3)11-7-20/h4-14,18,27H,1,15-17H2,2-3H3. The van der Waals surface area contributed by atoms with Crippen molar-refractivity contribution in [1.82, 2.24) is 4.90 Å². The summed E-state index contributed by atoms with van der Waals surface area (Å²) < 4.78 is 16.9. The van der Waals surface area contributed by atoms with Crippen molar-refractivity contribution >= 4 is 16.9 Å². The highest BCUT2D eigenvalue weighted by Gasteiger charge is 2.42. The number of fused-ring (bicyclic) bond motifs is 2. The van der Waals surface area contributed by atoms with Crippen molar-refractivity contribution in [3.05, 3.63) is 118 Å². The van der Waals surface area contributed by atoms with Crippen LogP contribution in [0.4, 0.5) is 0 Å². The molecule has 4 aromatic rings. The first-order valence-corrected chi connectivity index (χ1v) is 11.8. The van der Waals surface area contributed by atoms with E-state index < -0.39 is 6.04 Å². The zero-order chi connectivity index (χ0) is 25.2. The molecule has 0 fully saturated rings. The first-order valence-electron chi connectivity index (χ1n) is 11.8. The van der Waals surface area contributed by atoms with Gasteiger partial charge in [-0.3, -0.25) is 9.59 Å². The molecule has 0 saturated carbocycles. The lowest BCUT2D eigenvalue weighted by molar-refractivity contribution is 0.0730. The molecular formula is C30H27NO5. The third kappa shape index (κ3) is 4.26. The number of hydrogen-bond acceptors (Lipinski definition) is 5. The molecular weight excluding hydrogens is 454 g/mol. The van der Waals surface area contributed by atoms with Crippen molar-refractivity contribution in [3.63, 3.8) is 0 Å². The largest absolute Gasteiger partial charge is 0.497 e. The summed E-state index contributed by atoms with van der Waals surface area (Å²) in [4.78, 5) is 29.1. The summed E-state index contributed by atoms with van der Waals surface area (Å²) in [6.07, 6.45) is 2.30. The summed E-state index contributed by atoms with van der Waals surface area (Å²) in [7, 11) is 1.63. The number of benzene rings is 3. The van der Waals surface area contributed by atoms with Crippen LogP contribution in [0.5, 0.6) is 11.5 Å². The van der Waals surface area contributed by atoms with E-state index in [0.717, 1.165) is 22.4 Å². The van der Waals surface area contributed by atoms with E-state index in [9.17, 15) is 9.59 Å². The maximum atomic E-state index is 13.7. The van der Waals surface area contributed by atoms with E-state index in [1.165, 1.54) is 0 Å². The van der Waals surface area contributed by atoms with Crippen molar-refractivity contribution < 1.29 is 18.7 Å². The lowest BCUT2D eigenvalue weighted by Crippen LogP contribution is -2.31. The van der Waals surface area contributed by atoms with Gasteiger partial charge in [-0.2, -0.15) is 0 Å². The molecule has 182 valence electrons. The molecule has 5 rings (SSSR count). The van der Waals surface area contributed by atoms with Gasteiger partial charge in [-0.15, -0.1) is 0 Å². The third-order valence-electron chi connectivity index (χ3n) is 6.49. The number of aryl methyl sites for hydroxylation is 1. The molecule has 1 aliphatic heterocycles. The van der Waals surface area contributed by atoms with Gasteiger partial charge in [0.2, 0.25) is 5.76 Å². The van der Waals surface area contributed by atoms with E-state index in [1.54, 1.807) is 24.2 Å². The number of carbonyl (C=O) groups is 1. The molecule has 1 aromatic heterocycles. The molecule has 1 aliphatic rings. The van der Waals surface area contributed by atoms with Crippen LogP contribution in [0.2, 0.25) is 0 Å². The smallest absolute Gasteiger partial charge is 0.290 e. The Balaban J connectivity index is 1.56. The minimum atomic E-state index is -0.555. The van der Waals surface area contributed by atoms with E-state index in [-0.39, 0.29) is 17.1 Å². The Morgan fingerprint density at radius 1 is 1.00 bits per heavy atom. The van der Waals surface area contributed by atoms with Gasteiger partial charge in [0, 0.05) is 6.54 Å². The summed E-state index contributed by atoms with van der Waals surface area (Å²) >= 11 is 0. The summed E-state index contributed by atoms with van der Waals surface area (Å²) in [6.45, 7) is 6.42. The van der Waals surface area contributed by atoms with Gasteiger partial charge in [-0.1, -0.05) is 48.6 Å². The molecule has 1 amide bonds. The van der Waals surface area contributed by atoms with Gasteiger partial charge >= 0.3 is 0 Å². The van der Waals surface area contributed by atoms with Crippen LogP contribution in [0, 0.1) is 6.92 Å². The molecule has 6 nitrogen and oxygen atoms in total. The summed E-state index contributed by atoms with van der Waals surface area (Å²) in [6, 6.07) is 20.1. The van der Waals surface area contributed by atoms with E-state index >= 15 is 0 Å². The number of ether oxygens (including phenoxy) is 2. The average Bonchev–Trinajstić information content (AvgIpc) is 3.18. The van der Waals surface area contributed by atoms with E-state index in [0.29, 0.717) is 41.9 Å². The molecule has 0 aliphatic carbocycles. The van der Waals surface area contributed by atoms with Crippen molar-refractivity contribution in [1.29, 1.82) is 0 Å². The fourth-order valence-electron chi connectivity index (χ4n) is 4.65. The summed E-state index contributed by atoms with van der Waals surface area (Å²) in [5.74, 6) is 1.30. The highest BCUT2D eigenvalue weighted by molar-refractivity contribution is 5.99. The Morgan fingerprint density at radius 2 is 1.72 bits per heavy atom. The molecule has 1 unspecified atom stereocenters. The number of nitrogens with zero attached hydrogens (tertiary/aromatic N) is 1. The van der Waals surface area contributed by atoms with Crippen molar-refractivity contribution in [3.8, 4) is 11.5 Å². The van der Waals surface area contributed by atoms with Crippen LogP contribution in [0.25, 0.3) is 11.0 Å². The molecule has 2 heterocycles. The van der Waals surface area contributed by atoms with E-state index in [4.69, 9.17) is 13.9 Å². The monoisotopic (exact) mass is 481 g/mol. The van der Waals surface area contributed by atoms with Crippen LogP contribution >= 0.6 is 0 Å². The minimum Gasteiger partial charge on any atom is -0.497 e. The quantitative estimate of drug-likeness (QED) is 0.313. The lowest BCUT2D eigenvalue weighted by atomic mass is 9.98. The Morgan fingerprint density at radius 3 is 2.42 bits per heavy atom. The van der Waals surface area contributed by atoms with E-state index in [1.807, 2.05) is 67.6 Å². The molecule has 6 heteroatoms. The Labute approximate surface area is 209 Å². The topological polar surface area (TPSA) is 69.0 Å². The SMILES string of the molecule is C=CCOc1ccc(C2c3c(oc4ccc(C)cc4c3=O)C(=O)N2CCc2ccc(OC)cc2)cc1. The molecule has 0 radical (unpaired) electrons. The van der Waals surface area contributed by atoms with Gasteiger partial charge in [-0.25, -0.2) is 0 Å². The number of amides is 1. The first-order chi connectivity index (χ1) is 17.5. The van der Waals surface area contributed by atoms with Crippen LogP contribution in [0.1, 0.15) is 38.9 Å². The predicted molar refractivity (Wildman–Crippen MR) is 139 cm³/mol. The summed E-state index contributed by atoms with van der Waals surface area (Å²) in [5, 5.41) is 0.481. The van der Waals surface area contributed by atoms with Crippen LogP contribution in [0.15, 0.2) is 88.6 Å². The highest BCUT2D eigenvalue weighted by Crippen LogP contribution is 2.38. The zero-order valence-electron chi connectivity index (χ0n) is 20.3. The van der Waals surface area contributed by atoms with Crippen LogP contribution < -0.4 is 14.9 Å². The Kier molecular flexibility index (Phi) is 6.34. The molecule has 0 saturated heterocycles. The summed E-state index contributed by atoms with van der Waals surface area (Å²) in [5.41, 5.74) is 3.46. The molecule has 0 spiro atoms. The number of hydrogen-bond donors (Lipinski definition) is 0. The van der Waals surface area contributed by atoms with Crippen LogP contribution in [-0.4, -0.2) is 31.1 Å². The van der Waals surface area contributed by atoms with Gasteiger partial charge < -0.3 is 18.8 Å². The van der Waals surface area contributed by atoms with Gasteiger partial charge in [0.1, 0.15) is 23.7 Å². The maximum Gasteiger partial charge on any atom is 0.290 e. The normalized spacial score (nSPS) is 14.7. The van der Waals surface area contributed by atoms with Crippen molar-refractivity contribution in [2.45, 2.75) is 19.4 Å². The fourth-order valence-corrected chi connectivity index (χ4v) is 4.65. The number of methoxy groups -OCH3 is 1. The Hall–Kier alpha value is -4.32. The van der Waals surface area contributed by atoms with Gasteiger partial charge in [-0.05, 0) is 60.9 Å². The fraction of sp³-hybridized carbons (Fsp3) is 0.200. The number of rotatable bonds is 8. The van der Waals surface area contributed by atoms with Crippen molar-refractivity contribution in [2.24, 2.45) is 0 Å². The molecule has 0 N–H and O–H groups in total. The molecule has 0 bridgehead atoms. The van der Waals surface area contributed by atoms with Crippen LogP contribution in [0.3, 0.4) is 0 Å². The van der Waals surface area contributed by atoms with Crippen molar-refractivity contribution in [2.75, 3.05) is 20.3 Å². The van der Waals surface area contributed by atoms with E-state index in [2.05, 4.69) is 6.58 Å². The number of carbonyl (C=O) groups excluding carboxylic acids is 1. The first kappa shape index (κ1) is 23.4. The second-order valence-corrected chi connectivity index (χ2v) is 8.84. The highest BCUT2D eigenvalue weighted by atomic mass is 16.5. The maximum absolute atomic E-state index is 13.7. The molecule has 3 aromatic carbocycles.